The van der Waals surface area contributed by atoms with Gasteiger partial charge in [0.2, 0.25) is 0 Å². The van der Waals surface area contributed by atoms with Crippen molar-refractivity contribution in [3.05, 3.63) is 28.2 Å². The van der Waals surface area contributed by atoms with Crippen LogP contribution in [-0.4, -0.2) is 44.7 Å². The van der Waals surface area contributed by atoms with Crippen LogP contribution in [0.2, 0.25) is 0 Å². The van der Waals surface area contributed by atoms with Crippen molar-refractivity contribution in [1.29, 1.82) is 0 Å². The lowest BCUT2D eigenvalue weighted by molar-refractivity contribution is 0.249. The lowest BCUT2D eigenvalue weighted by Crippen LogP contribution is -2.42. The van der Waals surface area contributed by atoms with E-state index in [1.54, 1.807) is 0 Å². The molecule has 1 aliphatic heterocycles. The largest absolute Gasteiger partial charge is 0.371 e. The molecule has 0 radical (unpaired) electrons. The third kappa shape index (κ3) is 4.70. The van der Waals surface area contributed by atoms with E-state index >= 15 is 0 Å². The number of piperidine rings is 1. The number of hydrogen-bond donors (Lipinski definition) is 1. The molecule has 0 amide bonds. The lowest BCUT2D eigenvalue weighted by atomic mass is 10.0. The first kappa shape index (κ1) is 16.8. The predicted octanol–water partition coefficient (Wildman–Crippen LogP) is 3.48. The molecule has 0 spiro atoms. The molecule has 1 N–H and O–H groups in total. The molecule has 3 nitrogen and oxygen atoms in total. The van der Waals surface area contributed by atoms with Gasteiger partial charge in [-0.3, -0.25) is 0 Å². The summed E-state index contributed by atoms with van der Waals surface area (Å²) >= 11 is 3.73. The maximum absolute atomic E-state index is 3.73. The van der Waals surface area contributed by atoms with Crippen molar-refractivity contribution in [2.24, 2.45) is 0 Å². The maximum atomic E-state index is 3.73. The smallest absolute Gasteiger partial charge is 0.0377 e. The van der Waals surface area contributed by atoms with Gasteiger partial charge in [0.25, 0.3) is 0 Å². The standard InChI is InChI=1S/C17H28BrN3/c1-4-9-19-13-14-5-6-16(12-17(14)18)21-10-7-15(8-11-21)20(2)3/h5-6,12,15,19H,4,7-11,13H2,1-3H3. The molecular formula is C17H28BrN3. The van der Waals surface area contributed by atoms with Gasteiger partial charge in [0, 0.05) is 35.8 Å². The SMILES string of the molecule is CCCNCc1ccc(N2CCC(N(C)C)CC2)cc1Br. The Hall–Kier alpha value is -0.580. The van der Waals surface area contributed by atoms with E-state index in [2.05, 4.69) is 70.3 Å². The van der Waals surface area contributed by atoms with Crippen LogP contribution in [0.5, 0.6) is 0 Å². The highest BCUT2D eigenvalue weighted by Crippen LogP contribution is 2.27. The van der Waals surface area contributed by atoms with Crippen LogP contribution in [-0.2, 0) is 6.54 Å². The predicted molar refractivity (Wildman–Crippen MR) is 95.1 cm³/mol. The number of halogens is 1. The zero-order valence-electron chi connectivity index (χ0n) is 13.5. The second kappa shape index (κ2) is 8.16. The molecule has 1 aromatic rings. The molecule has 1 aromatic carbocycles. The van der Waals surface area contributed by atoms with Crippen LogP contribution < -0.4 is 10.2 Å². The van der Waals surface area contributed by atoms with Crippen LogP contribution in [0.1, 0.15) is 31.7 Å². The first-order chi connectivity index (χ1) is 10.1. The van der Waals surface area contributed by atoms with Crippen molar-refractivity contribution < 1.29 is 0 Å². The van der Waals surface area contributed by atoms with Gasteiger partial charge in [0.1, 0.15) is 0 Å². The second-order valence-electron chi connectivity index (χ2n) is 6.13. The van der Waals surface area contributed by atoms with Crippen molar-refractivity contribution in [3.63, 3.8) is 0 Å². The summed E-state index contributed by atoms with van der Waals surface area (Å²) in [4.78, 5) is 4.86. The van der Waals surface area contributed by atoms with E-state index < -0.39 is 0 Å². The number of rotatable bonds is 6. The third-order valence-corrected chi connectivity index (χ3v) is 5.08. The summed E-state index contributed by atoms with van der Waals surface area (Å²) in [6.07, 6.45) is 3.69. The Morgan fingerprint density at radius 3 is 2.57 bits per heavy atom. The first-order valence-corrected chi connectivity index (χ1v) is 8.81. The molecule has 1 aliphatic rings. The zero-order chi connectivity index (χ0) is 15.2. The van der Waals surface area contributed by atoms with Crippen LogP contribution in [0.25, 0.3) is 0 Å². The molecule has 1 saturated heterocycles. The molecule has 118 valence electrons. The molecule has 1 heterocycles. The summed E-state index contributed by atoms with van der Waals surface area (Å²) in [6.45, 7) is 6.53. The Bertz CT molecular complexity index is 440. The number of benzene rings is 1. The summed E-state index contributed by atoms with van der Waals surface area (Å²) in [7, 11) is 4.38. The van der Waals surface area contributed by atoms with E-state index in [1.165, 1.54) is 35.0 Å². The van der Waals surface area contributed by atoms with Crippen LogP contribution >= 0.6 is 15.9 Å². The van der Waals surface area contributed by atoms with E-state index in [0.717, 1.165) is 32.2 Å². The molecule has 0 aromatic heterocycles. The lowest BCUT2D eigenvalue weighted by Gasteiger charge is -2.36. The molecule has 0 atom stereocenters. The number of anilines is 1. The van der Waals surface area contributed by atoms with Crippen molar-refractivity contribution in [2.45, 2.75) is 38.8 Å². The van der Waals surface area contributed by atoms with E-state index in [0.29, 0.717) is 0 Å². The van der Waals surface area contributed by atoms with Crippen LogP contribution in [0.4, 0.5) is 5.69 Å². The van der Waals surface area contributed by atoms with Gasteiger partial charge in [-0.15, -0.1) is 0 Å². The second-order valence-corrected chi connectivity index (χ2v) is 6.99. The average Bonchev–Trinajstić information content (AvgIpc) is 2.49. The molecule has 0 unspecified atom stereocenters. The van der Waals surface area contributed by atoms with Crippen molar-refractivity contribution in [3.8, 4) is 0 Å². The van der Waals surface area contributed by atoms with Crippen LogP contribution in [0.3, 0.4) is 0 Å². The Labute approximate surface area is 137 Å². The van der Waals surface area contributed by atoms with Gasteiger partial charge in [0.05, 0.1) is 0 Å². The van der Waals surface area contributed by atoms with Gasteiger partial charge in [0.15, 0.2) is 0 Å². The minimum absolute atomic E-state index is 0.738. The molecule has 1 fully saturated rings. The molecule has 4 heteroatoms. The molecule has 0 saturated carbocycles. The normalized spacial score (nSPS) is 16.7. The Morgan fingerprint density at radius 1 is 1.29 bits per heavy atom. The van der Waals surface area contributed by atoms with Crippen molar-refractivity contribution >= 4 is 21.6 Å². The molecule has 21 heavy (non-hydrogen) atoms. The summed E-state index contributed by atoms with van der Waals surface area (Å²) < 4.78 is 1.22. The van der Waals surface area contributed by atoms with Crippen LogP contribution in [0.15, 0.2) is 22.7 Å². The highest BCUT2D eigenvalue weighted by molar-refractivity contribution is 9.10. The van der Waals surface area contributed by atoms with Crippen molar-refractivity contribution in [2.75, 3.05) is 38.6 Å². The first-order valence-electron chi connectivity index (χ1n) is 8.02. The maximum Gasteiger partial charge on any atom is 0.0377 e. The number of nitrogens with one attached hydrogen (secondary N) is 1. The average molecular weight is 354 g/mol. The monoisotopic (exact) mass is 353 g/mol. The summed E-state index contributed by atoms with van der Waals surface area (Å²) in [6, 6.07) is 7.53. The van der Waals surface area contributed by atoms with Gasteiger partial charge >= 0.3 is 0 Å². The quantitative estimate of drug-likeness (QED) is 0.789. The summed E-state index contributed by atoms with van der Waals surface area (Å²) in [5, 5.41) is 3.46. The van der Waals surface area contributed by atoms with E-state index in [1.807, 2.05) is 0 Å². The summed E-state index contributed by atoms with van der Waals surface area (Å²) in [5.74, 6) is 0. The Morgan fingerprint density at radius 2 is 2.00 bits per heavy atom. The highest BCUT2D eigenvalue weighted by atomic mass is 79.9. The minimum atomic E-state index is 0.738. The Balaban J connectivity index is 1.94. The van der Waals surface area contributed by atoms with Gasteiger partial charge in [-0.05, 0) is 57.6 Å². The van der Waals surface area contributed by atoms with Gasteiger partial charge in [-0.1, -0.05) is 28.9 Å². The van der Waals surface area contributed by atoms with Crippen LogP contribution in [0, 0.1) is 0 Å². The molecule has 0 bridgehead atoms. The van der Waals surface area contributed by atoms with Crippen molar-refractivity contribution in [1.82, 2.24) is 10.2 Å². The summed E-state index contributed by atoms with van der Waals surface area (Å²) in [5.41, 5.74) is 2.69. The molecule has 2 rings (SSSR count). The highest BCUT2D eigenvalue weighted by Gasteiger charge is 2.21. The van der Waals surface area contributed by atoms with Gasteiger partial charge in [-0.2, -0.15) is 0 Å². The van der Waals surface area contributed by atoms with Gasteiger partial charge < -0.3 is 15.1 Å². The third-order valence-electron chi connectivity index (χ3n) is 4.34. The number of hydrogen-bond acceptors (Lipinski definition) is 3. The minimum Gasteiger partial charge on any atom is -0.371 e. The van der Waals surface area contributed by atoms with E-state index in [4.69, 9.17) is 0 Å². The molecular weight excluding hydrogens is 326 g/mol. The van der Waals surface area contributed by atoms with E-state index in [-0.39, 0.29) is 0 Å². The topological polar surface area (TPSA) is 18.5 Å². The zero-order valence-corrected chi connectivity index (χ0v) is 15.1. The fraction of sp³-hybridized carbons (Fsp3) is 0.647. The number of nitrogens with zero attached hydrogens (tertiary/aromatic N) is 2. The fourth-order valence-corrected chi connectivity index (χ4v) is 3.42. The molecule has 0 aliphatic carbocycles. The van der Waals surface area contributed by atoms with E-state index in [9.17, 15) is 0 Å². The Kier molecular flexibility index (Phi) is 6.52. The fourth-order valence-electron chi connectivity index (χ4n) is 2.92. The van der Waals surface area contributed by atoms with Gasteiger partial charge in [-0.25, -0.2) is 0 Å².